The van der Waals surface area contributed by atoms with Gasteiger partial charge in [0.1, 0.15) is 5.69 Å². The second-order valence-corrected chi connectivity index (χ2v) is 9.13. The fraction of sp³-hybridized carbons (Fsp3) is 0.545. The van der Waals surface area contributed by atoms with Crippen LogP contribution in [0, 0.1) is 11.8 Å². The van der Waals surface area contributed by atoms with E-state index >= 15 is 0 Å². The van der Waals surface area contributed by atoms with Crippen LogP contribution in [0.15, 0.2) is 28.7 Å². The van der Waals surface area contributed by atoms with Crippen molar-refractivity contribution >= 4 is 38.6 Å². The van der Waals surface area contributed by atoms with Gasteiger partial charge in [-0.3, -0.25) is 9.59 Å². The highest BCUT2D eigenvalue weighted by Crippen LogP contribution is 2.32. The molecule has 2 aromatic rings. The van der Waals surface area contributed by atoms with E-state index in [1.807, 2.05) is 40.8 Å². The Kier molecular flexibility index (Phi) is 5.50. The lowest BCUT2D eigenvalue weighted by Gasteiger charge is -2.37. The first kappa shape index (κ1) is 19.5. The smallest absolute Gasteiger partial charge is 0.271 e. The average molecular weight is 446 g/mol. The number of piperidine rings is 2. The lowest BCUT2D eigenvalue weighted by Crippen LogP contribution is -2.47. The molecular weight excluding hydrogens is 418 g/mol. The number of para-hydroxylation sites is 1. The fourth-order valence-corrected chi connectivity index (χ4v) is 5.48. The molecule has 0 saturated carbocycles. The number of benzene rings is 1. The van der Waals surface area contributed by atoms with E-state index in [-0.39, 0.29) is 11.8 Å². The molecule has 150 valence electrons. The highest BCUT2D eigenvalue weighted by atomic mass is 79.9. The third kappa shape index (κ3) is 3.47. The molecule has 1 atom stereocenters. The monoisotopic (exact) mass is 445 g/mol. The van der Waals surface area contributed by atoms with E-state index in [4.69, 9.17) is 0 Å². The number of halogens is 1. The molecule has 2 saturated heterocycles. The maximum absolute atomic E-state index is 13.2. The minimum absolute atomic E-state index is 0.0445. The molecule has 0 spiro atoms. The first-order chi connectivity index (χ1) is 13.5. The zero-order valence-corrected chi connectivity index (χ0v) is 18.2. The number of carbonyl (C=O) groups is 2. The third-order valence-corrected chi connectivity index (χ3v) is 7.15. The molecule has 2 fully saturated rings. The molecule has 2 aliphatic heterocycles. The summed E-state index contributed by atoms with van der Waals surface area (Å²) < 4.78 is 2.82. The van der Waals surface area contributed by atoms with Crippen molar-refractivity contribution in [3.05, 3.63) is 34.4 Å². The molecule has 0 bridgehead atoms. The van der Waals surface area contributed by atoms with Gasteiger partial charge in [0.2, 0.25) is 5.91 Å². The summed E-state index contributed by atoms with van der Waals surface area (Å²) in [4.78, 5) is 30.1. The van der Waals surface area contributed by atoms with Crippen LogP contribution in [-0.2, 0) is 11.8 Å². The van der Waals surface area contributed by atoms with Gasteiger partial charge in [0.25, 0.3) is 5.91 Å². The summed E-state index contributed by atoms with van der Waals surface area (Å²) in [5.74, 6) is 1.00. The van der Waals surface area contributed by atoms with E-state index in [0.29, 0.717) is 30.6 Å². The minimum Gasteiger partial charge on any atom is -0.342 e. The van der Waals surface area contributed by atoms with Gasteiger partial charge in [-0.05, 0) is 53.6 Å². The Labute approximate surface area is 174 Å². The molecule has 4 rings (SSSR count). The number of fused-ring (bicyclic) bond motifs is 1. The van der Waals surface area contributed by atoms with Gasteiger partial charge >= 0.3 is 0 Å². The number of rotatable bonds is 2. The highest BCUT2D eigenvalue weighted by molar-refractivity contribution is 9.10. The van der Waals surface area contributed by atoms with Gasteiger partial charge in [-0.2, -0.15) is 0 Å². The zero-order chi connectivity index (χ0) is 19.8. The first-order valence-electron chi connectivity index (χ1n) is 10.3. The molecule has 2 aliphatic rings. The van der Waals surface area contributed by atoms with Gasteiger partial charge in [0, 0.05) is 50.0 Å². The molecule has 1 aromatic heterocycles. The summed E-state index contributed by atoms with van der Waals surface area (Å²) in [5, 5.41) is 1.05. The molecule has 5 nitrogen and oxygen atoms in total. The molecule has 2 amide bonds. The van der Waals surface area contributed by atoms with Gasteiger partial charge < -0.3 is 14.4 Å². The Morgan fingerprint density at radius 1 is 1.04 bits per heavy atom. The molecule has 0 N–H and O–H groups in total. The maximum atomic E-state index is 13.2. The molecule has 0 radical (unpaired) electrons. The van der Waals surface area contributed by atoms with Gasteiger partial charge in [-0.15, -0.1) is 0 Å². The van der Waals surface area contributed by atoms with Crippen LogP contribution in [0.25, 0.3) is 10.9 Å². The number of hydrogen-bond donors (Lipinski definition) is 0. The number of aryl methyl sites for hydroxylation is 1. The van der Waals surface area contributed by atoms with Crippen molar-refractivity contribution in [2.45, 2.75) is 32.6 Å². The van der Waals surface area contributed by atoms with Gasteiger partial charge in [-0.25, -0.2) is 0 Å². The van der Waals surface area contributed by atoms with Crippen LogP contribution in [-0.4, -0.2) is 52.4 Å². The number of likely N-dealkylation sites (tertiary alicyclic amines) is 2. The van der Waals surface area contributed by atoms with Crippen molar-refractivity contribution in [2.24, 2.45) is 18.9 Å². The molecule has 3 heterocycles. The molecule has 1 unspecified atom stereocenters. The molecule has 28 heavy (non-hydrogen) atoms. The third-order valence-electron chi connectivity index (χ3n) is 6.35. The Morgan fingerprint density at radius 3 is 2.43 bits per heavy atom. The van der Waals surface area contributed by atoms with Crippen LogP contribution in [0.3, 0.4) is 0 Å². The highest BCUT2D eigenvalue weighted by Gasteiger charge is 2.33. The second kappa shape index (κ2) is 7.90. The van der Waals surface area contributed by atoms with Crippen LogP contribution in [0.5, 0.6) is 0 Å². The summed E-state index contributed by atoms with van der Waals surface area (Å²) in [6, 6.07) is 8.03. The van der Waals surface area contributed by atoms with Crippen LogP contribution < -0.4 is 0 Å². The predicted molar refractivity (Wildman–Crippen MR) is 114 cm³/mol. The quantitative estimate of drug-likeness (QED) is 0.699. The van der Waals surface area contributed by atoms with Crippen LogP contribution in [0.4, 0.5) is 0 Å². The fourth-order valence-electron chi connectivity index (χ4n) is 4.71. The van der Waals surface area contributed by atoms with Crippen LogP contribution in [0.2, 0.25) is 0 Å². The average Bonchev–Trinajstić information content (AvgIpc) is 2.98. The Bertz CT molecular complexity index is 860. The Balaban J connectivity index is 1.44. The van der Waals surface area contributed by atoms with Crippen molar-refractivity contribution in [1.29, 1.82) is 0 Å². The van der Waals surface area contributed by atoms with Crippen LogP contribution in [0.1, 0.15) is 43.1 Å². The van der Waals surface area contributed by atoms with E-state index < -0.39 is 0 Å². The lowest BCUT2D eigenvalue weighted by molar-refractivity contribution is -0.138. The topological polar surface area (TPSA) is 45.6 Å². The van der Waals surface area contributed by atoms with Crippen molar-refractivity contribution in [1.82, 2.24) is 14.4 Å². The number of nitrogens with zero attached hydrogens (tertiary/aromatic N) is 3. The zero-order valence-electron chi connectivity index (χ0n) is 16.7. The summed E-state index contributed by atoms with van der Waals surface area (Å²) in [5.41, 5.74) is 1.73. The number of amides is 2. The van der Waals surface area contributed by atoms with Gasteiger partial charge in [0.05, 0.1) is 4.47 Å². The lowest BCUT2D eigenvalue weighted by atomic mass is 9.92. The van der Waals surface area contributed by atoms with Gasteiger partial charge in [0.15, 0.2) is 0 Å². The summed E-state index contributed by atoms with van der Waals surface area (Å²) in [6.07, 6.45) is 3.85. The standard InChI is InChI=1S/C22H28BrN3O2/c1-15-6-5-11-26(14-15)21(27)16-9-12-25(13-10-16)22(28)20-19(23)17-7-3-4-8-18(17)24(20)2/h3-4,7-8,15-16H,5-6,9-14H2,1-2H3. The summed E-state index contributed by atoms with van der Waals surface area (Å²) >= 11 is 3.63. The largest absolute Gasteiger partial charge is 0.342 e. The SMILES string of the molecule is CC1CCCN(C(=O)C2CCN(C(=O)c3c(Br)c4ccccc4n3C)CC2)C1. The van der Waals surface area contributed by atoms with E-state index in [0.717, 1.165) is 47.7 Å². The number of hydrogen-bond acceptors (Lipinski definition) is 2. The van der Waals surface area contributed by atoms with Crippen molar-refractivity contribution in [3.8, 4) is 0 Å². The molecule has 0 aliphatic carbocycles. The number of carbonyl (C=O) groups excluding carboxylic acids is 2. The Morgan fingerprint density at radius 2 is 1.75 bits per heavy atom. The normalized spacial score (nSPS) is 21.3. The van der Waals surface area contributed by atoms with Crippen molar-refractivity contribution < 1.29 is 9.59 Å². The summed E-state index contributed by atoms with van der Waals surface area (Å²) in [6.45, 7) is 5.30. The molecule has 1 aromatic carbocycles. The van der Waals surface area contributed by atoms with E-state index in [1.165, 1.54) is 6.42 Å². The van der Waals surface area contributed by atoms with E-state index in [1.54, 1.807) is 0 Å². The minimum atomic E-state index is 0.0445. The first-order valence-corrected chi connectivity index (χ1v) is 11.1. The van der Waals surface area contributed by atoms with Crippen molar-refractivity contribution in [2.75, 3.05) is 26.2 Å². The van der Waals surface area contributed by atoms with Gasteiger partial charge in [-0.1, -0.05) is 25.1 Å². The van der Waals surface area contributed by atoms with Crippen LogP contribution >= 0.6 is 15.9 Å². The number of aromatic nitrogens is 1. The molecule has 6 heteroatoms. The Hall–Kier alpha value is -1.82. The van der Waals surface area contributed by atoms with Crippen molar-refractivity contribution in [3.63, 3.8) is 0 Å². The molecular formula is C22H28BrN3O2. The second-order valence-electron chi connectivity index (χ2n) is 8.34. The predicted octanol–water partition coefficient (Wildman–Crippen LogP) is 4.05. The maximum Gasteiger partial charge on any atom is 0.271 e. The van der Waals surface area contributed by atoms with E-state index in [9.17, 15) is 9.59 Å². The summed E-state index contributed by atoms with van der Waals surface area (Å²) in [7, 11) is 1.94. The van der Waals surface area contributed by atoms with E-state index in [2.05, 4.69) is 27.8 Å².